The maximum Gasteiger partial charge on any atom is 0.236 e. The van der Waals surface area contributed by atoms with Crippen molar-refractivity contribution in [2.45, 2.75) is 38.6 Å². The van der Waals surface area contributed by atoms with E-state index < -0.39 is 6.04 Å². The largest absolute Gasteiger partial charge is 0.354 e. The van der Waals surface area contributed by atoms with E-state index in [0.29, 0.717) is 13.0 Å². The van der Waals surface area contributed by atoms with Gasteiger partial charge < -0.3 is 16.0 Å². The fraction of sp³-hybridized carbons (Fsp3) is 0.818. The molecule has 16 heavy (non-hydrogen) atoms. The van der Waals surface area contributed by atoms with Crippen LogP contribution >= 0.6 is 0 Å². The van der Waals surface area contributed by atoms with Crippen molar-refractivity contribution in [1.29, 1.82) is 0 Å². The van der Waals surface area contributed by atoms with E-state index in [-0.39, 0.29) is 11.8 Å². The number of carbonyl (C=O) groups excluding carboxylic acids is 2. The normalized spacial score (nSPS) is 18.0. The minimum Gasteiger partial charge on any atom is -0.354 e. The van der Waals surface area contributed by atoms with E-state index in [0.717, 1.165) is 25.9 Å². The molecule has 2 amide bonds. The number of carbonyl (C=O) groups is 2. The smallest absolute Gasteiger partial charge is 0.236 e. The van der Waals surface area contributed by atoms with Crippen LogP contribution in [0.25, 0.3) is 0 Å². The highest BCUT2D eigenvalue weighted by molar-refractivity contribution is 5.82. The van der Waals surface area contributed by atoms with Gasteiger partial charge in [0.25, 0.3) is 0 Å². The first-order valence-electron chi connectivity index (χ1n) is 5.92. The second kappa shape index (κ2) is 6.48. The van der Waals surface area contributed by atoms with Gasteiger partial charge in [0.15, 0.2) is 0 Å². The molecule has 1 fully saturated rings. The van der Waals surface area contributed by atoms with Crippen LogP contribution in [0.15, 0.2) is 0 Å². The molecule has 0 aromatic rings. The molecule has 0 aliphatic carbocycles. The predicted octanol–water partition coefficient (Wildman–Crippen LogP) is -0.148. The van der Waals surface area contributed by atoms with Crippen molar-refractivity contribution < 1.29 is 9.59 Å². The first-order chi connectivity index (χ1) is 7.61. The Hall–Kier alpha value is -1.10. The highest BCUT2D eigenvalue weighted by Crippen LogP contribution is 2.09. The van der Waals surface area contributed by atoms with E-state index in [1.54, 1.807) is 6.92 Å². The second-order valence-corrected chi connectivity index (χ2v) is 4.27. The Labute approximate surface area is 96.4 Å². The Kier molecular flexibility index (Phi) is 5.25. The lowest BCUT2D eigenvalue weighted by molar-refractivity contribution is -0.132. The number of nitrogens with two attached hydrogens (primary N) is 1. The van der Waals surface area contributed by atoms with Crippen LogP contribution in [0.3, 0.4) is 0 Å². The van der Waals surface area contributed by atoms with Gasteiger partial charge in [-0.1, -0.05) is 0 Å². The molecule has 1 atom stereocenters. The number of nitrogens with one attached hydrogen (secondary N) is 1. The van der Waals surface area contributed by atoms with Gasteiger partial charge in [0.05, 0.1) is 6.04 Å². The first kappa shape index (κ1) is 13.0. The summed E-state index contributed by atoms with van der Waals surface area (Å²) in [6, 6.07) is -0.509. The molecular formula is C11H21N3O2. The Morgan fingerprint density at radius 1 is 1.31 bits per heavy atom. The SMILES string of the molecule is CC(N)C(=O)NCCC(=O)N1CCCCC1. The van der Waals surface area contributed by atoms with Crippen molar-refractivity contribution in [3.63, 3.8) is 0 Å². The van der Waals surface area contributed by atoms with E-state index in [1.165, 1.54) is 6.42 Å². The number of likely N-dealkylation sites (tertiary alicyclic amines) is 1. The van der Waals surface area contributed by atoms with Gasteiger partial charge in [0.2, 0.25) is 11.8 Å². The zero-order valence-corrected chi connectivity index (χ0v) is 9.87. The lowest BCUT2D eigenvalue weighted by atomic mass is 10.1. The Morgan fingerprint density at radius 3 is 2.50 bits per heavy atom. The van der Waals surface area contributed by atoms with Crippen molar-refractivity contribution in [2.75, 3.05) is 19.6 Å². The van der Waals surface area contributed by atoms with Gasteiger partial charge in [0, 0.05) is 26.1 Å². The zero-order chi connectivity index (χ0) is 12.0. The van der Waals surface area contributed by atoms with E-state index >= 15 is 0 Å². The summed E-state index contributed by atoms with van der Waals surface area (Å²) in [5.41, 5.74) is 5.39. The third kappa shape index (κ3) is 4.18. The maximum atomic E-state index is 11.7. The topological polar surface area (TPSA) is 75.4 Å². The van der Waals surface area contributed by atoms with E-state index in [9.17, 15) is 9.59 Å². The molecule has 1 rings (SSSR count). The molecule has 1 saturated heterocycles. The van der Waals surface area contributed by atoms with Crippen LogP contribution in [0, 0.1) is 0 Å². The van der Waals surface area contributed by atoms with E-state index in [2.05, 4.69) is 5.32 Å². The molecular weight excluding hydrogens is 206 g/mol. The number of nitrogens with zero attached hydrogens (tertiary/aromatic N) is 1. The summed E-state index contributed by atoms with van der Waals surface area (Å²) in [5, 5.41) is 2.64. The number of hydrogen-bond donors (Lipinski definition) is 2. The number of amides is 2. The average molecular weight is 227 g/mol. The average Bonchev–Trinajstić information content (AvgIpc) is 2.29. The van der Waals surface area contributed by atoms with Crippen molar-refractivity contribution in [3.05, 3.63) is 0 Å². The summed E-state index contributed by atoms with van der Waals surface area (Å²) >= 11 is 0. The molecule has 0 spiro atoms. The number of rotatable bonds is 4. The molecule has 92 valence electrons. The summed E-state index contributed by atoms with van der Waals surface area (Å²) in [6.45, 7) is 3.73. The predicted molar refractivity (Wildman–Crippen MR) is 61.7 cm³/mol. The van der Waals surface area contributed by atoms with Gasteiger partial charge in [-0.2, -0.15) is 0 Å². The summed E-state index contributed by atoms with van der Waals surface area (Å²) in [6.07, 6.45) is 3.78. The summed E-state index contributed by atoms with van der Waals surface area (Å²) in [4.78, 5) is 24.7. The molecule has 0 aromatic heterocycles. The molecule has 1 aliphatic heterocycles. The zero-order valence-electron chi connectivity index (χ0n) is 9.87. The van der Waals surface area contributed by atoms with Gasteiger partial charge >= 0.3 is 0 Å². The maximum absolute atomic E-state index is 11.7. The fourth-order valence-electron chi connectivity index (χ4n) is 1.76. The van der Waals surface area contributed by atoms with Crippen molar-refractivity contribution in [3.8, 4) is 0 Å². The monoisotopic (exact) mass is 227 g/mol. The van der Waals surface area contributed by atoms with Crippen LogP contribution in [0.1, 0.15) is 32.6 Å². The Morgan fingerprint density at radius 2 is 1.94 bits per heavy atom. The molecule has 0 radical (unpaired) electrons. The van der Waals surface area contributed by atoms with Gasteiger partial charge in [-0.25, -0.2) is 0 Å². The highest BCUT2D eigenvalue weighted by Gasteiger charge is 2.16. The van der Waals surface area contributed by atoms with Gasteiger partial charge in [0.1, 0.15) is 0 Å². The van der Waals surface area contributed by atoms with Crippen LogP contribution in [0.2, 0.25) is 0 Å². The van der Waals surface area contributed by atoms with Crippen LogP contribution in [-0.4, -0.2) is 42.4 Å². The van der Waals surface area contributed by atoms with Crippen LogP contribution in [-0.2, 0) is 9.59 Å². The van der Waals surface area contributed by atoms with Gasteiger partial charge in [-0.3, -0.25) is 9.59 Å². The number of piperidine rings is 1. The van der Waals surface area contributed by atoms with E-state index in [1.807, 2.05) is 4.90 Å². The standard InChI is InChI=1S/C11H21N3O2/c1-9(12)11(16)13-6-5-10(15)14-7-3-2-4-8-14/h9H,2-8,12H2,1H3,(H,13,16). The van der Waals surface area contributed by atoms with Crippen LogP contribution in [0.4, 0.5) is 0 Å². The molecule has 5 heteroatoms. The fourth-order valence-corrected chi connectivity index (χ4v) is 1.76. The highest BCUT2D eigenvalue weighted by atomic mass is 16.2. The summed E-state index contributed by atoms with van der Waals surface area (Å²) in [5.74, 6) is -0.0730. The first-order valence-corrected chi connectivity index (χ1v) is 5.92. The minimum atomic E-state index is -0.509. The third-order valence-electron chi connectivity index (χ3n) is 2.76. The second-order valence-electron chi connectivity index (χ2n) is 4.27. The molecule has 5 nitrogen and oxygen atoms in total. The molecule has 0 aromatic carbocycles. The van der Waals surface area contributed by atoms with E-state index in [4.69, 9.17) is 5.73 Å². The van der Waals surface area contributed by atoms with Crippen molar-refractivity contribution in [2.24, 2.45) is 5.73 Å². The summed E-state index contributed by atoms with van der Waals surface area (Å²) < 4.78 is 0. The van der Waals surface area contributed by atoms with Crippen LogP contribution < -0.4 is 11.1 Å². The van der Waals surface area contributed by atoms with Crippen molar-refractivity contribution >= 4 is 11.8 Å². The molecule has 1 aliphatic rings. The van der Waals surface area contributed by atoms with Crippen molar-refractivity contribution in [1.82, 2.24) is 10.2 Å². The minimum absolute atomic E-state index is 0.129. The van der Waals surface area contributed by atoms with Crippen LogP contribution in [0.5, 0.6) is 0 Å². The van der Waals surface area contributed by atoms with Gasteiger partial charge in [-0.05, 0) is 26.2 Å². The Balaban J connectivity index is 2.17. The molecule has 0 saturated carbocycles. The lowest BCUT2D eigenvalue weighted by Crippen LogP contribution is -2.41. The molecule has 1 heterocycles. The molecule has 3 N–H and O–H groups in total. The molecule has 1 unspecified atom stereocenters. The summed E-state index contributed by atoms with van der Waals surface area (Å²) in [7, 11) is 0. The quantitative estimate of drug-likeness (QED) is 0.701. The third-order valence-corrected chi connectivity index (χ3v) is 2.76. The lowest BCUT2D eigenvalue weighted by Gasteiger charge is -2.26. The van der Waals surface area contributed by atoms with Gasteiger partial charge in [-0.15, -0.1) is 0 Å². The Bertz CT molecular complexity index is 248. The molecule has 0 bridgehead atoms. The number of hydrogen-bond acceptors (Lipinski definition) is 3.